The number of carbonyl (C=O) groups excluding carboxylic acids is 2. The van der Waals surface area contributed by atoms with E-state index in [4.69, 9.17) is 15.2 Å². The first-order chi connectivity index (χ1) is 13.6. The second-order valence-corrected chi connectivity index (χ2v) is 6.85. The summed E-state index contributed by atoms with van der Waals surface area (Å²) < 4.78 is 11.1. The van der Waals surface area contributed by atoms with Gasteiger partial charge in [0.25, 0.3) is 5.91 Å². The van der Waals surface area contributed by atoms with Crippen LogP contribution in [-0.4, -0.2) is 56.1 Å². The molecule has 0 saturated carbocycles. The molecule has 0 spiro atoms. The molecule has 0 radical (unpaired) electrons. The van der Waals surface area contributed by atoms with Crippen LogP contribution in [0.3, 0.4) is 0 Å². The zero-order chi connectivity index (χ0) is 20.4. The SMILES string of the molecule is C=CCc1ccc(OCC(=O)N2CCCCC2CNC(=O)CCN)c(OC)c1. The summed E-state index contributed by atoms with van der Waals surface area (Å²) in [6.45, 7) is 5.11. The number of nitrogens with zero attached hydrogens (tertiary/aromatic N) is 1. The quantitative estimate of drug-likeness (QED) is 0.594. The normalized spacial score (nSPS) is 16.4. The number of hydrogen-bond acceptors (Lipinski definition) is 5. The van der Waals surface area contributed by atoms with Crippen LogP contribution in [0.2, 0.25) is 0 Å². The smallest absolute Gasteiger partial charge is 0.260 e. The molecule has 28 heavy (non-hydrogen) atoms. The first-order valence-corrected chi connectivity index (χ1v) is 9.75. The van der Waals surface area contributed by atoms with Crippen LogP contribution in [0.5, 0.6) is 11.5 Å². The van der Waals surface area contributed by atoms with E-state index in [0.29, 0.717) is 37.6 Å². The molecule has 1 aliphatic heterocycles. The monoisotopic (exact) mass is 389 g/mol. The Kier molecular flexibility index (Phi) is 8.81. The number of piperidine rings is 1. The van der Waals surface area contributed by atoms with Crippen molar-refractivity contribution < 1.29 is 19.1 Å². The molecule has 2 amide bonds. The minimum Gasteiger partial charge on any atom is -0.493 e. The van der Waals surface area contributed by atoms with Gasteiger partial charge in [0.15, 0.2) is 18.1 Å². The Balaban J connectivity index is 1.94. The van der Waals surface area contributed by atoms with Crippen LogP contribution in [0.4, 0.5) is 0 Å². The summed E-state index contributed by atoms with van der Waals surface area (Å²) in [7, 11) is 1.58. The topological polar surface area (TPSA) is 93.9 Å². The number of likely N-dealkylation sites (tertiary alicyclic amines) is 1. The number of ether oxygens (including phenoxy) is 2. The van der Waals surface area contributed by atoms with E-state index in [0.717, 1.165) is 31.2 Å². The van der Waals surface area contributed by atoms with E-state index in [1.807, 2.05) is 29.2 Å². The maximum absolute atomic E-state index is 12.7. The maximum atomic E-state index is 12.7. The van der Waals surface area contributed by atoms with Crippen molar-refractivity contribution in [1.29, 1.82) is 0 Å². The van der Waals surface area contributed by atoms with Crippen molar-refractivity contribution in [1.82, 2.24) is 10.2 Å². The fourth-order valence-electron chi connectivity index (χ4n) is 3.34. The van der Waals surface area contributed by atoms with Crippen molar-refractivity contribution in [2.24, 2.45) is 5.73 Å². The van der Waals surface area contributed by atoms with Gasteiger partial charge < -0.3 is 25.4 Å². The molecule has 0 bridgehead atoms. The number of nitrogens with one attached hydrogen (secondary N) is 1. The number of nitrogens with two attached hydrogens (primary N) is 1. The molecule has 1 unspecified atom stereocenters. The van der Waals surface area contributed by atoms with Crippen molar-refractivity contribution in [2.75, 3.05) is 33.4 Å². The van der Waals surface area contributed by atoms with Gasteiger partial charge in [0, 0.05) is 32.1 Å². The molecule has 3 N–H and O–H groups in total. The Bertz CT molecular complexity index is 678. The van der Waals surface area contributed by atoms with E-state index in [1.54, 1.807) is 7.11 Å². The lowest BCUT2D eigenvalue weighted by Gasteiger charge is -2.35. The standard InChI is InChI=1S/C21H31N3O4/c1-3-6-16-8-9-18(19(13-16)27-2)28-15-21(26)24-12-5-4-7-17(24)14-23-20(25)10-11-22/h3,8-9,13,17H,1,4-7,10-12,14-15,22H2,2H3,(H,23,25). The Morgan fingerprint density at radius 2 is 2.18 bits per heavy atom. The summed E-state index contributed by atoms with van der Waals surface area (Å²) in [5.74, 6) is 0.959. The fraction of sp³-hybridized carbons (Fsp3) is 0.524. The lowest BCUT2D eigenvalue weighted by molar-refractivity contribution is -0.137. The van der Waals surface area contributed by atoms with Crippen LogP contribution in [-0.2, 0) is 16.0 Å². The van der Waals surface area contributed by atoms with Crippen molar-refractivity contribution >= 4 is 11.8 Å². The Morgan fingerprint density at radius 1 is 1.36 bits per heavy atom. The van der Waals surface area contributed by atoms with Gasteiger partial charge in [-0.15, -0.1) is 6.58 Å². The van der Waals surface area contributed by atoms with E-state index in [9.17, 15) is 9.59 Å². The van der Waals surface area contributed by atoms with Gasteiger partial charge in [0.2, 0.25) is 5.91 Å². The molecular weight excluding hydrogens is 358 g/mol. The molecule has 0 aromatic heterocycles. The van der Waals surface area contributed by atoms with Crippen molar-refractivity contribution in [2.45, 2.75) is 38.1 Å². The lowest BCUT2D eigenvalue weighted by atomic mass is 10.0. The third kappa shape index (κ3) is 6.27. The van der Waals surface area contributed by atoms with Gasteiger partial charge in [-0.05, 0) is 43.4 Å². The number of allylic oxidation sites excluding steroid dienone is 1. The Morgan fingerprint density at radius 3 is 2.89 bits per heavy atom. The fourth-order valence-corrected chi connectivity index (χ4v) is 3.34. The molecule has 1 aromatic rings. The van der Waals surface area contributed by atoms with Crippen LogP contribution in [0.25, 0.3) is 0 Å². The Labute approximate surface area is 166 Å². The molecule has 1 atom stereocenters. The maximum Gasteiger partial charge on any atom is 0.260 e. The largest absolute Gasteiger partial charge is 0.493 e. The van der Waals surface area contributed by atoms with Crippen LogP contribution in [0, 0.1) is 0 Å². The predicted octanol–water partition coefficient (Wildman–Crippen LogP) is 1.65. The predicted molar refractivity (Wildman–Crippen MR) is 108 cm³/mol. The van der Waals surface area contributed by atoms with Crippen LogP contribution >= 0.6 is 0 Å². The molecule has 7 heteroatoms. The Hall–Kier alpha value is -2.54. The molecule has 1 heterocycles. The van der Waals surface area contributed by atoms with E-state index in [1.165, 1.54) is 0 Å². The molecule has 2 rings (SSSR count). The minimum absolute atomic E-state index is 0.0107. The number of hydrogen-bond donors (Lipinski definition) is 2. The second kappa shape index (κ2) is 11.3. The number of benzene rings is 1. The van der Waals surface area contributed by atoms with Gasteiger partial charge in [-0.2, -0.15) is 0 Å². The molecule has 154 valence electrons. The van der Waals surface area contributed by atoms with E-state index in [2.05, 4.69) is 11.9 Å². The molecule has 7 nitrogen and oxygen atoms in total. The summed E-state index contributed by atoms with van der Waals surface area (Å²) in [5, 5.41) is 2.87. The lowest BCUT2D eigenvalue weighted by Crippen LogP contribution is -2.50. The number of rotatable bonds is 10. The van der Waals surface area contributed by atoms with Crippen molar-refractivity contribution in [3.63, 3.8) is 0 Å². The third-order valence-corrected chi connectivity index (χ3v) is 4.81. The second-order valence-electron chi connectivity index (χ2n) is 6.85. The highest BCUT2D eigenvalue weighted by molar-refractivity contribution is 5.79. The average Bonchev–Trinajstić information content (AvgIpc) is 2.71. The third-order valence-electron chi connectivity index (χ3n) is 4.81. The molecule has 1 saturated heterocycles. The van der Waals surface area contributed by atoms with Crippen molar-refractivity contribution in [3.05, 3.63) is 36.4 Å². The van der Waals surface area contributed by atoms with Gasteiger partial charge >= 0.3 is 0 Å². The number of carbonyl (C=O) groups is 2. The molecule has 1 aromatic carbocycles. The first kappa shape index (κ1) is 21.8. The highest BCUT2D eigenvalue weighted by Gasteiger charge is 2.27. The van der Waals surface area contributed by atoms with Gasteiger partial charge in [-0.1, -0.05) is 12.1 Å². The summed E-state index contributed by atoms with van der Waals surface area (Å²) in [5.41, 5.74) is 6.47. The average molecular weight is 389 g/mol. The molecule has 1 aliphatic rings. The summed E-state index contributed by atoms with van der Waals surface area (Å²) >= 11 is 0. The van der Waals surface area contributed by atoms with Gasteiger partial charge in [0.1, 0.15) is 0 Å². The van der Waals surface area contributed by atoms with Gasteiger partial charge in [0.05, 0.1) is 7.11 Å². The molecule has 1 fully saturated rings. The van der Waals surface area contributed by atoms with E-state index in [-0.39, 0.29) is 24.5 Å². The van der Waals surface area contributed by atoms with Gasteiger partial charge in [-0.25, -0.2) is 0 Å². The van der Waals surface area contributed by atoms with E-state index < -0.39 is 0 Å². The minimum atomic E-state index is -0.0880. The number of amides is 2. The highest BCUT2D eigenvalue weighted by atomic mass is 16.5. The summed E-state index contributed by atoms with van der Waals surface area (Å²) in [6, 6.07) is 5.62. The van der Waals surface area contributed by atoms with Gasteiger partial charge in [-0.3, -0.25) is 9.59 Å². The molecule has 0 aliphatic carbocycles. The van der Waals surface area contributed by atoms with Crippen molar-refractivity contribution in [3.8, 4) is 11.5 Å². The summed E-state index contributed by atoms with van der Waals surface area (Å²) in [6.07, 6.45) is 5.72. The van der Waals surface area contributed by atoms with E-state index >= 15 is 0 Å². The van der Waals surface area contributed by atoms with Crippen LogP contribution in [0.1, 0.15) is 31.2 Å². The van der Waals surface area contributed by atoms with Crippen LogP contribution < -0.4 is 20.5 Å². The number of methoxy groups -OCH3 is 1. The zero-order valence-electron chi connectivity index (χ0n) is 16.6. The zero-order valence-corrected chi connectivity index (χ0v) is 16.6. The van der Waals surface area contributed by atoms with Crippen LogP contribution in [0.15, 0.2) is 30.9 Å². The summed E-state index contributed by atoms with van der Waals surface area (Å²) in [4.78, 5) is 26.2. The molecular formula is C21H31N3O4. The highest BCUT2D eigenvalue weighted by Crippen LogP contribution is 2.28. The first-order valence-electron chi connectivity index (χ1n) is 9.75.